The largest absolute Gasteiger partial charge is 0.472 e. The predicted molar refractivity (Wildman–Crippen MR) is 211 cm³/mol. The Hall–Kier alpha value is -2.10. The molecule has 0 aliphatic rings. The molecule has 0 spiro atoms. The van der Waals surface area contributed by atoms with Crippen molar-refractivity contribution in [2.45, 2.75) is 180 Å². The number of ether oxygens (including phenoxy) is 2. The van der Waals surface area contributed by atoms with Gasteiger partial charge in [-0.3, -0.25) is 23.4 Å². The van der Waals surface area contributed by atoms with Gasteiger partial charge in [0.15, 0.2) is 11.9 Å². The van der Waals surface area contributed by atoms with E-state index in [0.29, 0.717) is 19.3 Å². The summed E-state index contributed by atoms with van der Waals surface area (Å²) in [7, 11) is -4.41. The van der Waals surface area contributed by atoms with E-state index in [1.54, 1.807) is 6.08 Å². The molecule has 0 saturated heterocycles. The molecule has 302 valence electrons. The van der Waals surface area contributed by atoms with Crippen molar-refractivity contribution in [2.24, 2.45) is 5.73 Å². The Kier molecular flexibility index (Phi) is 35.7. The molecule has 0 radical (unpaired) electrons. The highest BCUT2D eigenvalue weighted by molar-refractivity contribution is 7.47. The van der Waals surface area contributed by atoms with Crippen LogP contribution in [0.25, 0.3) is 0 Å². The first-order chi connectivity index (χ1) is 25.2. The first-order valence-corrected chi connectivity index (χ1v) is 21.9. The summed E-state index contributed by atoms with van der Waals surface area (Å²) in [5.74, 6) is -0.817. The number of unbranched alkanes of at least 4 members (excludes halogenated alkanes) is 18. The fourth-order valence-corrected chi connectivity index (χ4v) is 6.14. The van der Waals surface area contributed by atoms with E-state index < -0.39 is 32.5 Å². The number of carbonyl (C=O) groups excluding carboxylic acids is 3. The second-order valence-corrected chi connectivity index (χ2v) is 15.0. The van der Waals surface area contributed by atoms with Crippen molar-refractivity contribution in [1.29, 1.82) is 0 Å². The molecule has 0 fully saturated rings. The summed E-state index contributed by atoms with van der Waals surface area (Å²) < 4.78 is 32.6. The zero-order chi connectivity index (χ0) is 38.4. The van der Waals surface area contributed by atoms with Gasteiger partial charge in [-0.2, -0.15) is 0 Å². The van der Waals surface area contributed by atoms with E-state index in [2.05, 4.69) is 32.1 Å². The van der Waals surface area contributed by atoms with Crippen LogP contribution in [0.5, 0.6) is 0 Å². The van der Waals surface area contributed by atoms with Gasteiger partial charge in [0.2, 0.25) is 0 Å². The number of rotatable bonds is 38. The van der Waals surface area contributed by atoms with E-state index >= 15 is 0 Å². The van der Waals surface area contributed by atoms with Crippen molar-refractivity contribution >= 4 is 25.5 Å². The zero-order valence-electron chi connectivity index (χ0n) is 32.8. The van der Waals surface area contributed by atoms with Crippen LogP contribution in [0, 0.1) is 0 Å². The van der Waals surface area contributed by atoms with Crippen LogP contribution in [0.4, 0.5) is 0 Å². The van der Waals surface area contributed by atoms with Crippen LogP contribution < -0.4 is 5.73 Å². The third-order valence-electron chi connectivity index (χ3n) is 8.47. The Bertz CT molecular complexity index is 1010. The Labute approximate surface area is 316 Å². The molecular formula is C41H74NO9P. The van der Waals surface area contributed by atoms with Crippen LogP contribution in [-0.2, 0) is 37.5 Å². The average Bonchev–Trinajstić information content (AvgIpc) is 3.12. The fourth-order valence-electron chi connectivity index (χ4n) is 5.37. The average molecular weight is 756 g/mol. The van der Waals surface area contributed by atoms with Crippen molar-refractivity contribution in [1.82, 2.24) is 0 Å². The molecule has 0 aromatic heterocycles. The lowest BCUT2D eigenvalue weighted by Gasteiger charge is -2.19. The van der Waals surface area contributed by atoms with Gasteiger partial charge in [-0.15, -0.1) is 0 Å². The molecule has 0 saturated carbocycles. The molecule has 0 aromatic rings. The summed E-state index contributed by atoms with van der Waals surface area (Å²) in [6, 6.07) is 0. The van der Waals surface area contributed by atoms with Gasteiger partial charge in [-0.05, 0) is 63.9 Å². The van der Waals surface area contributed by atoms with Gasteiger partial charge < -0.3 is 20.1 Å². The van der Waals surface area contributed by atoms with Gasteiger partial charge in [-0.1, -0.05) is 128 Å². The smallest absolute Gasteiger partial charge is 0.462 e. The normalized spacial score (nSPS) is 13.6. The fraction of sp³-hybridized carbons (Fsp3) is 0.780. The maximum absolute atomic E-state index is 12.5. The molecule has 0 bridgehead atoms. The Morgan fingerprint density at radius 3 is 1.73 bits per heavy atom. The summed E-state index contributed by atoms with van der Waals surface area (Å²) in [6.45, 7) is 3.52. The SMILES string of the molecule is CCCCC/C=C\C=C\C(=O)CCCCCCCC(=O)O[C@H](COC(=O)CCCCCCC/C=C\CCCCCCCC)COP(=O)(O)OCCN. The predicted octanol–water partition coefficient (Wildman–Crippen LogP) is 10.6. The van der Waals surface area contributed by atoms with E-state index in [0.717, 1.165) is 64.2 Å². The molecule has 0 rings (SSSR count). The minimum Gasteiger partial charge on any atom is -0.462 e. The first kappa shape index (κ1) is 49.9. The lowest BCUT2D eigenvalue weighted by Crippen LogP contribution is -2.29. The quantitative estimate of drug-likeness (QED) is 0.0155. The number of hydrogen-bond acceptors (Lipinski definition) is 9. The Balaban J connectivity index is 4.29. The first-order valence-electron chi connectivity index (χ1n) is 20.4. The third kappa shape index (κ3) is 36.3. The summed E-state index contributed by atoms with van der Waals surface area (Å²) in [6.07, 6.45) is 35.6. The third-order valence-corrected chi connectivity index (χ3v) is 9.46. The number of phosphoric ester groups is 1. The molecule has 0 aliphatic heterocycles. The molecule has 1 unspecified atom stereocenters. The van der Waals surface area contributed by atoms with E-state index in [-0.39, 0.29) is 38.4 Å². The number of phosphoric acid groups is 1. The number of nitrogens with two attached hydrogens (primary N) is 1. The topological polar surface area (TPSA) is 151 Å². The monoisotopic (exact) mass is 756 g/mol. The Morgan fingerprint density at radius 2 is 1.12 bits per heavy atom. The Morgan fingerprint density at radius 1 is 0.615 bits per heavy atom. The van der Waals surface area contributed by atoms with Gasteiger partial charge >= 0.3 is 19.8 Å². The molecule has 2 atom stereocenters. The highest BCUT2D eigenvalue weighted by Gasteiger charge is 2.26. The molecule has 0 amide bonds. The van der Waals surface area contributed by atoms with Crippen LogP contribution in [-0.4, -0.2) is 55.1 Å². The van der Waals surface area contributed by atoms with Gasteiger partial charge in [0.05, 0.1) is 13.2 Å². The number of allylic oxidation sites excluding steroid dienone is 6. The molecule has 3 N–H and O–H groups in total. The van der Waals surface area contributed by atoms with E-state index in [9.17, 15) is 23.8 Å². The number of esters is 2. The molecule has 0 heterocycles. The number of carbonyl (C=O) groups is 3. The van der Waals surface area contributed by atoms with Crippen molar-refractivity contribution in [2.75, 3.05) is 26.4 Å². The maximum atomic E-state index is 12.5. The molecule has 0 aliphatic carbocycles. The second-order valence-electron chi connectivity index (χ2n) is 13.5. The summed E-state index contributed by atoms with van der Waals surface area (Å²) >= 11 is 0. The van der Waals surface area contributed by atoms with Gasteiger partial charge in [-0.25, -0.2) is 4.57 Å². The van der Waals surface area contributed by atoms with E-state index in [4.69, 9.17) is 24.3 Å². The lowest BCUT2D eigenvalue weighted by atomic mass is 10.1. The molecule has 10 nitrogen and oxygen atoms in total. The van der Waals surface area contributed by atoms with Gasteiger partial charge in [0, 0.05) is 25.8 Å². The number of ketones is 1. The molecule has 52 heavy (non-hydrogen) atoms. The lowest BCUT2D eigenvalue weighted by molar-refractivity contribution is -0.161. The van der Waals surface area contributed by atoms with Crippen molar-refractivity contribution < 1.29 is 42.4 Å². The van der Waals surface area contributed by atoms with E-state index in [1.807, 2.05) is 12.2 Å². The summed E-state index contributed by atoms with van der Waals surface area (Å²) in [5, 5.41) is 0. The van der Waals surface area contributed by atoms with Crippen LogP contribution >= 0.6 is 7.82 Å². The molecular weight excluding hydrogens is 681 g/mol. The standard InChI is InChI=1S/C41H74NO9P/c1-3-5-7-9-11-12-13-14-15-16-17-18-20-24-28-32-40(44)48-36-39(37-50-52(46,47)49-35-34-42)51-41(45)33-29-25-21-23-27-31-38(43)30-26-22-19-10-8-6-4-2/h14-15,19,22,26,30,39H,3-13,16-18,20-21,23-25,27-29,31-37,42H2,1-2H3,(H,46,47)/b15-14-,22-19-,30-26+/t39-/m1/s1. The van der Waals surface area contributed by atoms with Crippen LogP contribution in [0.3, 0.4) is 0 Å². The summed E-state index contributed by atoms with van der Waals surface area (Å²) in [5.41, 5.74) is 5.33. The van der Waals surface area contributed by atoms with Crippen LogP contribution in [0.1, 0.15) is 174 Å². The zero-order valence-corrected chi connectivity index (χ0v) is 33.7. The minimum absolute atomic E-state index is 0.0322. The highest BCUT2D eigenvalue weighted by atomic mass is 31.2. The van der Waals surface area contributed by atoms with Crippen molar-refractivity contribution in [3.8, 4) is 0 Å². The highest BCUT2D eigenvalue weighted by Crippen LogP contribution is 2.43. The van der Waals surface area contributed by atoms with Crippen LogP contribution in [0.2, 0.25) is 0 Å². The van der Waals surface area contributed by atoms with E-state index in [1.165, 1.54) is 64.2 Å². The molecule has 11 heteroatoms. The number of hydrogen-bond donors (Lipinski definition) is 2. The van der Waals surface area contributed by atoms with Crippen molar-refractivity contribution in [3.05, 3.63) is 36.5 Å². The van der Waals surface area contributed by atoms with Crippen LogP contribution in [0.15, 0.2) is 36.5 Å². The minimum atomic E-state index is -4.41. The van der Waals surface area contributed by atoms with Gasteiger partial charge in [0.25, 0.3) is 0 Å². The summed E-state index contributed by atoms with van der Waals surface area (Å²) in [4.78, 5) is 46.8. The van der Waals surface area contributed by atoms with Crippen molar-refractivity contribution in [3.63, 3.8) is 0 Å². The second kappa shape index (κ2) is 37.2. The van der Waals surface area contributed by atoms with Gasteiger partial charge in [0.1, 0.15) is 6.61 Å². The molecule has 0 aromatic carbocycles. The maximum Gasteiger partial charge on any atom is 0.472 e.